The normalized spacial score (nSPS) is 14.2. The highest BCUT2D eigenvalue weighted by Gasteiger charge is 2.24. The predicted molar refractivity (Wildman–Crippen MR) is 141 cm³/mol. The number of carboxylic acids is 1. The first kappa shape index (κ1) is 27.3. The van der Waals surface area contributed by atoms with E-state index >= 15 is 4.39 Å². The largest absolute Gasteiger partial charge is 0.481 e. The van der Waals surface area contributed by atoms with Crippen molar-refractivity contribution in [3.8, 4) is 0 Å². The molecule has 0 bridgehead atoms. The van der Waals surface area contributed by atoms with Crippen LogP contribution in [-0.4, -0.2) is 58.3 Å². The molecule has 2 amide bonds. The van der Waals surface area contributed by atoms with Gasteiger partial charge in [0.05, 0.1) is 12.1 Å². The summed E-state index contributed by atoms with van der Waals surface area (Å²) in [6, 6.07) is 14.9. The van der Waals surface area contributed by atoms with E-state index in [9.17, 15) is 19.5 Å². The van der Waals surface area contributed by atoms with E-state index in [1.54, 1.807) is 42.7 Å². The summed E-state index contributed by atoms with van der Waals surface area (Å²) in [5.74, 6) is -2.01. The standard InChI is InChI=1S/C27H29FN6O5/c28-21-15-19(7-8-22(21)34-13-9-20(10-14-34)31-26-29-11-4-12-30-26)25(37)32-23(16-24(35)36)33-27(38)39-17-18-5-2-1-3-6-18/h1-8,11-12,15,20,23H,9-10,13-14,16-17H2,(H,32,37)(H,33,38)(H,35,36)(H,29,30,31). The molecule has 204 valence electrons. The first-order chi connectivity index (χ1) is 18.9. The smallest absolute Gasteiger partial charge is 0.409 e. The second-order valence-electron chi connectivity index (χ2n) is 8.97. The monoisotopic (exact) mass is 536 g/mol. The molecular formula is C27H29FN6O5. The SMILES string of the molecule is O=C(O)CC(NC(=O)OCc1ccccc1)NC(=O)c1ccc(N2CCC(Nc3ncccn3)CC2)c(F)c1. The number of benzene rings is 2. The van der Waals surface area contributed by atoms with Crippen molar-refractivity contribution in [3.05, 3.63) is 83.9 Å². The van der Waals surface area contributed by atoms with E-state index < -0.39 is 36.4 Å². The van der Waals surface area contributed by atoms with Crippen LogP contribution in [0.2, 0.25) is 0 Å². The summed E-state index contributed by atoms with van der Waals surface area (Å²) in [4.78, 5) is 46.4. The summed E-state index contributed by atoms with van der Waals surface area (Å²) in [5, 5.41) is 17.2. The van der Waals surface area contributed by atoms with Gasteiger partial charge in [0.25, 0.3) is 5.91 Å². The molecule has 39 heavy (non-hydrogen) atoms. The molecule has 1 aliphatic heterocycles. The van der Waals surface area contributed by atoms with Crippen LogP contribution < -0.4 is 20.9 Å². The number of hydrogen-bond donors (Lipinski definition) is 4. The van der Waals surface area contributed by atoms with Crippen molar-refractivity contribution in [2.75, 3.05) is 23.3 Å². The molecule has 1 aliphatic rings. The van der Waals surface area contributed by atoms with Gasteiger partial charge in [0, 0.05) is 37.1 Å². The Morgan fingerprint density at radius 2 is 1.74 bits per heavy atom. The van der Waals surface area contributed by atoms with Crippen LogP contribution in [0.3, 0.4) is 0 Å². The van der Waals surface area contributed by atoms with E-state index in [0.717, 1.165) is 24.5 Å². The Balaban J connectivity index is 1.31. The number of aromatic nitrogens is 2. The minimum atomic E-state index is -1.26. The molecular weight excluding hydrogens is 507 g/mol. The van der Waals surface area contributed by atoms with Crippen molar-refractivity contribution in [1.82, 2.24) is 20.6 Å². The summed E-state index contributed by atoms with van der Waals surface area (Å²) < 4.78 is 20.1. The molecule has 12 heteroatoms. The van der Waals surface area contributed by atoms with Crippen LogP contribution >= 0.6 is 0 Å². The number of rotatable bonds is 10. The molecule has 2 aromatic carbocycles. The third kappa shape index (κ3) is 8.12. The molecule has 0 radical (unpaired) electrons. The Morgan fingerprint density at radius 3 is 2.41 bits per heavy atom. The average Bonchev–Trinajstić information content (AvgIpc) is 2.93. The molecule has 1 atom stereocenters. The lowest BCUT2D eigenvalue weighted by Gasteiger charge is -2.34. The topological polar surface area (TPSA) is 146 Å². The lowest BCUT2D eigenvalue weighted by Crippen LogP contribution is -2.49. The maximum Gasteiger partial charge on any atom is 0.409 e. The molecule has 4 rings (SSSR count). The second kappa shape index (κ2) is 13.2. The number of carbonyl (C=O) groups excluding carboxylic acids is 2. The van der Waals surface area contributed by atoms with Crippen molar-refractivity contribution < 1.29 is 28.6 Å². The van der Waals surface area contributed by atoms with Crippen LogP contribution in [0.15, 0.2) is 67.0 Å². The van der Waals surface area contributed by atoms with Crippen LogP contribution in [0.1, 0.15) is 35.2 Å². The van der Waals surface area contributed by atoms with Gasteiger partial charge < -0.3 is 30.7 Å². The van der Waals surface area contributed by atoms with E-state index in [1.165, 1.54) is 12.1 Å². The van der Waals surface area contributed by atoms with Gasteiger partial charge in [-0.2, -0.15) is 0 Å². The number of carboxylic acid groups (broad SMARTS) is 1. The number of alkyl carbamates (subject to hydrolysis) is 1. The van der Waals surface area contributed by atoms with Gasteiger partial charge in [-0.3, -0.25) is 9.59 Å². The zero-order valence-electron chi connectivity index (χ0n) is 21.0. The molecule has 1 aromatic heterocycles. The molecule has 1 saturated heterocycles. The second-order valence-corrected chi connectivity index (χ2v) is 8.97. The summed E-state index contributed by atoms with van der Waals surface area (Å²) >= 11 is 0. The number of hydrogen-bond acceptors (Lipinski definition) is 8. The predicted octanol–water partition coefficient (Wildman–Crippen LogP) is 3.15. The van der Waals surface area contributed by atoms with E-state index in [1.807, 2.05) is 11.0 Å². The van der Waals surface area contributed by atoms with Gasteiger partial charge in [-0.15, -0.1) is 0 Å². The molecule has 4 N–H and O–H groups in total. The summed E-state index contributed by atoms with van der Waals surface area (Å²) in [6.45, 7) is 1.17. The molecule has 3 aromatic rings. The Morgan fingerprint density at radius 1 is 1.03 bits per heavy atom. The van der Waals surface area contributed by atoms with Crippen molar-refractivity contribution in [3.63, 3.8) is 0 Å². The van der Waals surface area contributed by atoms with Gasteiger partial charge in [0.1, 0.15) is 18.6 Å². The lowest BCUT2D eigenvalue weighted by molar-refractivity contribution is -0.137. The Kier molecular flexibility index (Phi) is 9.22. The number of piperidine rings is 1. The number of nitrogens with one attached hydrogen (secondary N) is 3. The number of halogens is 1. The fourth-order valence-corrected chi connectivity index (χ4v) is 4.19. The van der Waals surface area contributed by atoms with Crippen molar-refractivity contribution in [2.24, 2.45) is 0 Å². The van der Waals surface area contributed by atoms with Crippen LogP contribution in [0.4, 0.5) is 20.8 Å². The maximum absolute atomic E-state index is 15.0. The van der Waals surface area contributed by atoms with Crippen LogP contribution in [0, 0.1) is 5.82 Å². The summed E-state index contributed by atoms with van der Waals surface area (Å²) in [6.07, 6.45) is 2.07. The molecule has 2 heterocycles. The van der Waals surface area contributed by atoms with Gasteiger partial charge in [-0.05, 0) is 42.7 Å². The highest BCUT2D eigenvalue weighted by molar-refractivity contribution is 5.95. The third-order valence-electron chi connectivity index (χ3n) is 6.13. The Hall–Kier alpha value is -4.74. The van der Waals surface area contributed by atoms with Crippen LogP contribution in [-0.2, 0) is 16.1 Å². The van der Waals surface area contributed by atoms with Crippen molar-refractivity contribution in [2.45, 2.75) is 38.1 Å². The highest BCUT2D eigenvalue weighted by Crippen LogP contribution is 2.25. The van der Waals surface area contributed by atoms with Crippen LogP contribution in [0.5, 0.6) is 0 Å². The Labute approximate surface area is 224 Å². The van der Waals surface area contributed by atoms with Crippen LogP contribution in [0.25, 0.3) is 0 Å². The van der Waals surface area contributed by atoms with Gasteiger partial charge in [0.2, 0.25) is 5.95 Å². The zero-order chi connectivity index (χ0) is 27.6. The molecule has 1 unspecified atom stereocenters. The van der Waals surface area contributed by atoms with Gasteiger partial charge >= 0.3 is 12.1 Å². The quantitative estimate of drug-likeness (QED) is 0.287. The highest BCUT2D eigenvalue weighted by atomic mass is 19.1. The number of amides is 2. The first-order valence-corrected chi connectivity index (χ1v) is 12.5. The van der Waals surface area contributed by atoms with E-state index in [2.05, 4.69) is 25.9 Å². The average molecular weight is 537 g/mol. The number of carbonyl (C=O) groups is 3. The molecule has 11 nitrogen and oxygen atoms in total. The summed E-state index contributed by atoms with van der Waals surface area (Å²) in [5.41, 5.74) is 1.10. The number of ether oxygens (including phenoxy) is 1. The van der Waals surface area contributed by atoms with Gasteiger partial charge in [0.15, 0.2) is 0 Å². The molecule has 0 aliphatic carbocycles. The fourth-order valence-electron chi connectivity index (χ4n) is 4.19. The number of aliphatic carboxylic acids is 1. The first-order valence-electron chi connectivity index (χ1n) is 12.5. The minimum absolute atomic E-state index is 0.0103. The van der Waals surface area contributed by atoms with Crippen molar-refractivity contribution >= 4 is 29.6 Å². The minimum Gasteiger partial charge on any atom is -0.481 e. The fraction of sp³-hybridized carbons (Fsp3) is 0.296. The molecule has 0 saturated carbocycles. The maximum atomic E-state index is 15.0. The van der Waals surface area contributed by atoms with Gasteiger partial charge in [-0.25, -0.2) is 19.2 Å². The van der Waals surface area contributed by atoms with Crippen molar-refractivity contribution in [1.29, 1.82) is 0 Å². The van der Waals surface area contributed by atoms with Gasteiger partial charge in [-0.1, -0.05) is 30.3 Å². The molecule has 0 spiro atoms. The summed E-state index contributed by atoms with van der Waals surface area (Å²) in [7, 11) is 0. The number of anilines is 2. The Bertz CT molecular complexity index is 1270. The van der Waals surface area contributed by atoms with E-state index in [4.69, 9.17) is 4.74 Å². The zero-order valence-corrected chi connectivity index (χ0v) is 21.0. The van der Waals surface area contributed by atoms with E-state index in [0.29, 0.717) is 24.7 Å². The van der Waals surface area contributed by atoms with E-state index in [-0.39, 0.29) is 18.2 Å². The number of nitrogens with zero attached hydrogens (tertiary/aromatic N) is 3. The third-order valence-corrected chi connectivity index (χ3v) is 6.13. The lowest BCUT2D eigenvalue weighted by atomic mass is 10.0. The molecule has 1 fully saturated rings.